The van der Waals surface area contributed by atoms with Gasteiger partial charge in [0.1, 0.15) is 17.0 Å². The zero-order valence-corrected chi connectivity index (χ0v) is 14.6. The van der Waals surface area contributed by atoms with Crippen molar-refractivity contribution in [1.29, 1.82) is 0 Å². The Bertz CT molecular complexity index is 1040. The van der Waals surface area contributed by atoms with Gasteiger partial charge < -0.3 is 5.32 Å². The topological polar surface area (TPSA) is 85.6 Å². The Morgan fingerprint density at radius 3 is 2.77 bits per heavy atom. The third-order valence-electron chi connectivity index (χ3n) is 3.75. The molecule has 1 N–H and O–H groups in total. The second kappa shape index (κ2) is 6.85. The van der Waals surface area contributed by atoms with Crippen LogP contribution in [0.1, 0.15) is 16.1 Å². The Labute approximate surface area is 153 Å². The Morgan fingerprint density at radius 1 is 1.15 bits per heavy atom. The van der Waals surface area contributed by atoms with Crippen LogP contribution in [0.3, 0.4) is 0 Å². The molecule has 0 atom stereocenters. The van der Waals surface area contributed by atoms with Crippen LogP contribution in [0.2, 0.25) is 0 Å². The van der Waals surface area contributed by atoms with Crippen molar-refractivity contribution < 1.29 is 4.79 Å². The Morgan fingerprint density at radius 2 is 2.00 bits per heavy atom. The van der Waals surface area contributed by atoms with Crippen LogP contribution in [-0.4, -0.2) is 31.1 Å². The lowest BCUT2D eigenvalue weighted by Gasteiger charge is -2.05. The summed E-state index contributed by atoms with van der Waals surface area (Å²) in [7, 11) is 0. The van der Waals surface area contributed by atoms with Crippen LogP contribution < -0.4 is 5.32 Å². The predicted octanol–water partition coefficient (Wildman–Crippen LogP) is 3.35. The van der Waals surface area contributed by atoms with E-state index in [4.69, 9.17) is 0 Å². The van der Waals surface area contributed by atoms with Gasteiger partial charge >= 0.3 is 0 Å². The van der Waals surface area contributed by atoms with Gasteiger partial charge in [0, 0.05) is 16.6 Å². The monoisotopic (exact) mass is 362 g/mol. The number of carbonyl (C=O) groups excluding carboxylic acids is 1. The summed E-state index contributed by atoms with van der Waals surface area (Å²) >= 11 is 1.45. The normalized spacial score (nSPS) is 10.7. The molecule has 2 aromatic carbocycles. The number of tetrazole rings is 1. The van der Waals surface area contributed by atoms with Gasteiger partial charge in [-0.3, -0.25) is 4.79 Å². The molecule has 0 radical (unpaired) electrons. The highest BCUT2D eigenvalue weighted by atomic mass is 32.1. The van der Waals surface area contributed by atoms with Crippen LogP contribution >= 0.6 is 11.3 Å². The first-order chi connectivity index (χ1) is 12.7. The second-order valence-corrected chi connectivity index (χ2v) is 6.52. The van der Waals surface area contributed by atoms with Crippen molar-refractivity contribution >= 4 is 22.9 Å². The van der Waals surface area contributed by atoms with Gasteiger partial charge in [-0.05, 0) is 35.5 Å². The van der Waals surface area contributed by atoms with E-state index >= 15 is 0 Å². The predicted molar refractivity (Wildman–Crippen MR) is 99.4 cm³/mol. The molecule has 4 rings (SSSR count). The minimum Gasteiger partial charge on any atom is -0.321 e. The zero-order chi connectivity index (χ0) is 17.9. The van der Waals surface area contributed by atoms with Crippen molar-refractivity contribution in [3.63, 3.8) is 0 Å². The Balaban J connectivity index is 1.52. The van der Waals surface area contributed by atoms with Crippen molar-refractivity contribution in [2.75, 3.05) is 5.32 Å². The molecule has 4 aromatic rings. The first-order valence-electron chi connectivity index (χ1n) is 7.86. The number of benzene rings is 2. The lowest BCUT2D eigenvalue weighted by molar-refractivity contribution is 0.102. The molecule has 0 aliphatic carbocycles. The van der Waals surface area contributed by atoms with Crippen LogP contribution in [0, 0.1) is 6.92 Å². The molecule has 1 amide bonds. The van der Waals surface area contributed by atoms with E-state index in [0.717, 1.165) is 16.3 Å². The van der Waals surface area contributed by atoms with E-state index < -0.39 is 0 Å². The van der Waals surface area contributed by atoms with E-state index in [1.54, 1.807) is 17.5 Å². The number of thiazole rings is 1. The number of nitrogens with zero attached hydrogens (tertiary/aromatic N) is 5. The van der Waals surface area contributed by atoms with E-state index in [1.807, 2.05) is 43.3 Å². The summed E-state index contributed by atoms with van der Waals surface area (Å²) in [5, 5.41) is 16.5. The van der Waals surface area contributed by atoms with E-state index in [1.165, 1.54) is 27.9 Å². The van der Waals surface area contributed by atoms with Crippen molar-refractivity contribution in [1.82, 2.24) is 25.2 Å². The Hall–Kier alpha value is -3.39. The molecule has 0 spiro atoms. The maximum Gasteiger partial charge on any atom is 0.275 e. The maximum atomic E-state index is 12.5. The summed E-state index contributed by atoms with van der Waals surface area (Å²) in [6, 6.07) is 15.3. The van der Waals surface area contributed by atoms with Gasteiger partial charge in [-0.1, -0.05) is 35.9 Å². The standard InChI is InChI=1S/C18H14N6OS/c1-12-5-7-13(8-6-12)18-21-16(10-26-18)17(25)20-14-3-2-4-15(9-14)24-11-19-22-23-24/h2-11H,1H3,(H,20,25). The fraction of sp³-hybridized carbons (Fsp3) is 0.0556. The van der Waals surface area contributed by atoms with E-state index in [0.29, 0.717) is 11.4 Å². The van der Waals surface area contributed by atoms with E-state index in [-0.39, 0.29) is 5.91 Å². The van der Waals surface area contributed by atoms with Gasteiger partial charge in [-0.25, -0.2) is 9.67 Å². The molecular weight excluding hydrogens is 348 g/mol. The SMILES string of the molecule is Cc1ccc(-c2nc(C(=O)Nc3cccc(-n4cnnn4)c3)cs2)cc1. The van der Waals surface area contributed by atoms with Gasteiger partial charge in [0.2, 0.25) is 0 Å². The van der Waals surface area contributed by atoms with Gasteiger partial charge in [-0.2, -0.15) is 0 Å². The second-order valence-electron chi connectivity index (χ2n) is 5.66. The summed E-state index contributed by atoms with van der Waals surface area (Å²) in [6.45, 7) is 2.04. The minimum atomic E-state index is -0.256. The number of anilines is 1. The van der Waals surface area contributed by atoms with Gasteiger partial charge in [0.25, 0.3) is 5.91 Å². The first-order valence-corrected chi connectivity index (χ1v) is 8.74. The highest BCUT2D eigenvalue weighted by Gasteiger charge is 2.12. The van der Waals surface area contributed by atoms with Gasteiger partial charge in [0.05, 0.1) is 5.69 Å². The first kappa shape index (κ1) is 16.1. The smallest absolute Gasteiger partial charge is 0.275 e. The number of aromatic nitrogens is 5. The maximum absolute atomic E-state index is 12.5. The molecule has 0 unspecified atom stereocenters. The number of hydrogen-bond donors (Lipinski definition) is 1. The molecule has 2 aromatic heterocycles. The molecule has 2 heterocycles. The van der Waals surface area contributed by atoms with Gasteiger partial charge in [0.15, 0.2) is 0 Å². The van der Waals surface area contributed by atoms with Crippen LogP contribution in [-0.2, 0) is 0 Å². The average molecular weight is 362 g/mol. The third-order valence-corrected chi connectivity index (χ3v) is 4.64. The van der Waals surface area contributed by atoms with Crippen LogP contribution in [0.4, 0.5) is 5.69 Å². The molecule has 0 saturated heterocycles. The molecule has 7 nitrogen and oxygen atoms in total. The summed E-state index contributed by atoms with van der Waals surface area (Å²) < 4.78 is 1.52. The van der Waals surface area contributed by atoms with Crippen LogP contribution in [0.5, 0.6) is 0 Å². The number of carbonyl (C=O) groups is 1. The van der Waals surface area contributed by atoms with Gasteiger partial charge in [-0.15, -0.1) is 16.4 Å². The number of hydrogen-bond acceptors (Lipinski definition) is 6. The quantitative estimate of drug-likeness (QED) is 0.602. The molecule has 0 fully saturated rings. The summed E-state index contributed by atoms with van der Waals surface area (Å²) in [5.74, 6) is -0.256. The van der Waals surface area contributed by atoms with Crippen LogP contribution in [0.25, 0.3) is 16.3 Å². The lowest BCUT2D eigenvalue weighted by Crippen LogP contribution is -2.12. The molecule has 0 saturated carbocycles. The summed E-state index contributed by atoms with van der Waals surface area (Å²) in [5.41, 5.74) is 3.98. The number of amides is 1. The number of rotatable bonds is 4. The molecule has 0 aliphatic rings. The average Bonchev–Trinajstić information content (AvgIpc) is 3.35. The van der Waals surface area contributed by atoms with Crippen molar-refractivity contribution in [3.05, 3.63) is 71.5 Å². The lowest BCUT2D eigenvalue weighted by atomic mass is 10.2. The van der Waals surface area contributed by atoms with Crippen LogP contribution in [0.15, 0.2) is 60.2 Å². The summed E-state index contributed by atoms with van der Waals surface area (Å²) in [4.78, 5) is 16.9. The zero-order valence-electron chi connectivity index (χ0n) is 13.8. The molecular formula is C18H14N6OS. The molecule has 8 heteroatoms. The fourth-order valence-electron chi connectivity index (χ4n) is 2.41. The molecule has 128 valence electrons. The number of aryl methyl sites for hydroxylation is 1. The highest BCUT2D eigenvalue weighted by molar-refractivity contribution is 7.13. The van der Waals surface area contributed by atoms with Crippen molar-refractivity contribution in [3.8, 4) is 16.3 Å². The molecule has 26 heavy (non-hydrogen) atoms. The minimum absolute atomic E-state index is 0.256. The third kappa shape index (κ3) is 3.35. The van der Waals surface area contributed by atoms with E-state index in [2.05, 4.69) is 25.8 Å². The van der Waals surface area contributed by atoms with Crippen molar-refractivity contribution in [2.24, 2.45) is 0 Å². The fourth-order valence-corrected chi connectivity index (χ4v) is 3.21. The number of nitrogens with one attached hydrogen (secondary N) is 1. The largest absolute Gasteiger partial charge is 0.321 e. The van der Waals surface area contributed by atoms with Crippen molar-refractivity contribution in [2.45, 2.75) is 6.92 Å². The molecule has 0 aliphatic heterocycles. The summed E-state index contributed by atoms with van der Waals surface area (Å²) in [6.07, 6.45) is 1.50. The van der Waals surface area contributed by atoms with E-state index in [9.17, 15) is 4.79 Å². The molecule has 0 bridgehead atoms. The highest BCUT2D eigenvalue weighted by Crippen LogP contribution is 2.24. The Kier molecular flexibility index (Phi) is 4.24.